The second-order valence-electron chi connectivity index (χ2n) is 10.0. The normalized spacial score (nSPS) is 18.6. The predicted molar refractivity (Wildman–Crippen MR) is 144 cm³/mol. The molecule has 7 heterocycles. The van der Waals surface area contributed by atoms with Crippen molar-refractivity contribution in [3.8, 4) is 28.8 Å². The zero-order valence-electron chi connectivity index (χ0n) is 21.5. The maximum atomic E-state index is 9.64. The number of nitrogens with zero attached hydrogens (tertiary/aromatic N) is 7. The molecule has 2 unspecified atom stereocenters. The number of rotatable bonds is 8. The Morgan fingerprint density at radius 3 is 2.63 bits per heavy atom. The van der Waals surface area contributed by atoms with Crippen LogP contribution in [0.25, 0.3) is 16.6 Å². The summed E-state index contributed by atoms with van der Waals surface area (Å²) in [5.41, 5.74) is 5.15. The molecule has 0 aliphatic carbocycles. The van der Waals surface area contributed by atoms with Crippen LogP contribution in [-0.4, -0.2) is 63.4 Å². The number of anilines is 1. The molecule has 0 radical (unpaired) electrons. The summed E-state index contributed by atoms with van der Waals surface area (Å²) in [4.78, 5) is 14.1. The summed E-state index contributed by atoms with van der Waals surface area (Å²) in [6.45, 7) is 9.04. The fourth-order valence-corrected chi connectivity index (χ4v) is 5.39. The van der Waals surface area contributed by atoms with Crippen LogP contribution >= 0.6 is 0 Å². The van der Waals surface area contributed by atoms with Gasteiger partial charge < -0.3 is 14.4 Å². The molecule has 3 fully saturated rings. The number of piperazine rings is 1. The summed E-state index contributed by atoms with van der Waals surface area (Å²) < 4.78 is 12.8. The first kappa shape index (κ1) is 23.9. The van der Waals surface area contributed by atoms with Crippen LogP contribution in [0.1, 0.15) is 24.5 Å². The van der Waals surface area contributed by atoms with Gasteiger partial charge in [-0.05, 0) is 42.7 Å². The van der Waals surface area contributed by atoms with Gasteiger partial charge >= 0.3 is 0 Å². The number of nitriles is 1. The van der Waals surface area contributed by atoms with Gasteiger partial charge in [-0.1, -0.05) is 12.6 Å². The third-order valence-corrected chi connectivity index (χ3v) is 7.29. The van der Waals surface area contributed by atoms with E-state index >= 15 is 0 Å². The number of methoxy groups -OCH3 is 1. The molecule has 2 atom stereocenters. The molecule has 0 amide bonds. The van der Waals surface area contributed by atoms with Crippen molar-refractivity contribution in [3.63, 3.8) is 0 Å². The lowest BCUT2D eigenvalue weighted by Gasteiger charge is -2.56. The quantitative estimate of drug-likeness (QED) is 0.330. The van der Waals surface area contributed by atoms with Crippen LogP contribution in [0, 0.1) is 11.3 Å². The van der Waals surface area contributed by atoms with Crippen LogP contribution in [0.15, 0.2) is 67.3 Å². The first-order valence-corrected chi connectivity index (χ1v) is 12.7. The Morgan fingerprint density at radius 2 is 1.97 bits per heavy atom. The Bertz CT molecular complexity index is 1510. The fourth-order valence-electron chi connectivity index (χ4n) is 5.39. The molecule has 0 spiro atoms. The third-order valence-electron chi connectivity index (χ3n) is 7.29. The average Bonchev–Trinajstić information content (AvgIpc) is 3.38. The zero-order valence-corrected chi connectivity index (χ0v) is 21.5. The largest absolute Gasteiger partial charge is 0.488 e. The highest BCUT2D eigenvalue weighted by molar-refractivity contribution is 5.85. The number of aromatic nitrogens is 4. The Kier molecular flexibility index (Phi) is 6.18. The van der Waals surface area contributed by atoms with E-state index < -0.39 is 0 Å². The van der Waals surface area contributed by atoms with Crippen molar-refractivity contribution in [2.75, 3.05) is 31.7 Å². The minimum atomic E-state index is 0.414. The molecule has 0 saturated carbocycles. The summed E-state index contributed by atoms with van der Waals surface area (Å²) in [5, 5.41) is 14.0. The lowest BCUT2D eigenvalue weighted by molar-refractivity contribution is -0.00876. The zero-order chi connectivity index (χ0) is 26.2. The number of hydrogen-bond acceptors (Lipinski definition) is 8. The van der Waals surface area contributed by atoms with E-state index in [0.29, 0.717) is 35.9 Å². The van der Waals surface area contributed by atoms with Gasteiger partial charge in [-0.15, -0.1) is 0 Å². The first-order chi connectivity index (χ1) is 18.5. The minimum Gasteiger partial charge on any atom is -0.488 e. The van der Waals surface area contributed by atoms with Crippen LogP contribution in [0.3, 0.4) is 0 Å². The summed E-state index contributed by atoms with van der Waals surface area (Å²) in [6, 6.07) is 13.3. The van der Waals surface area contributed by atoms with E-state index in [9.17, 15) is 5.26 Å². The van der Waals surface area contributed by atoms with Gasteiger partial charge in [-0.3, -0.25) is 4.90 Å². The lowest BCUT2D eigenvalue weighted by atomic mass is 9.87. The van der Waals surface area contributed by atoms with Gasteiger partial charge in [0, 0.05) is 61.3 Å². The van der Waals surface area contributed by atoms with Gasteiger partial charge in [0.2, 0.25) is 5.88 Å². The van der Waals surface area contributed by atoms with Gasteiger partial charge in [0.05, 0.1) is 30.6 Å². The van der Waals surface area contributed by atoms with Gasteiger partial charge in [0.25, 0.3) is 0 Å². The number of hydrogen-bond donors (Lipinski definition) is 0. The number of fused-ring (bicyclic) bond motifs is 3. The van der Waals surface area contributed by atoms with E-state index in [-0.39, 0.29) is 0 Å². The van der Waals surface area contributed by atoms with E-state index in [4.69, 9.17) is 14.5 Å². The molecule has 4 aromatic rings. The monoisotopic (exact) mass is 507 g/mol. The summed E-state index contributed by atoms with van der Waals surface area (Å²) in [6.07, 6.45) is 8.36. The minimum absolute atomic E-state index is 0.414. The molecular formula is C29H29N7O2. The van der Waals surface area contributed by atoms with E-state index in [1.165, 1.54) is 12.0 Å². The second-order valence-corrected chi connectivity index (χ2v) is 10.0. The molecule has 2 bridgehead atoms. The standard InChI is InChI=1S/C29H29N7O2/c1-19(2)18-38-25-9-26(29-22(10-30)13-33-36(29)17-25)21-5-6-27(31-12-21)34-15-23-8-24(16-34)35(23)14-20-4-7-28(37-3)32-11-20/h4-7,9,11-13,17,23-24H,1,8,14-16,18H2,2-3H3. The number of piperidine rings is 1. The van der Waals surface area contributed by atoms with Gasteiger partial charge in [-0.2, -0.15) is 10.4 Å². The van der Waals surface area contributed by atoms with Gasteiger partial charge in [0.1, 0.15) is 24.2 Å². The molecular weight excluding hydrogens is 478 g/mol. The van der Waals surface area contributed by atoms with Gasteiger partial charge in [-0.25, -0.2) is 14.5 Å². The topological polar surface area (TPSA) is 91.8 Å². The maximum absolute atomic E-state index is 9.64. The van der Waals surface area contributed by atoms with Crippen molar-refractivity contribution in [2.24, 2.45) is 0 Å². The Morgan fingerprint density at radius 1 is 1.13 bits per heavy atom. The molecule has 192 valence electrons. The molecule has 3 aliphatic heterocycles. The molecule has 9 heteroatoms. The van der Waals surface area contributed by atoms with Crippen molar-refractivity contribution >= 4 is 11.3 Å². The molecule has 4 aromatic heterocycles. The SMILES string of the molecule is C=C(C)COc1cc(-c2ccc(N3CC4CC(C3)N4Cc3ccc(OC)nc3)nc2)c2c(C#N)cnn2c1. The van der Waals surface area contributed by atoms with Crippen molar-refractivity contribution in [1.29, 1.82) is 5.26 Å². The first-order valence-electron chi connectivity index (χ1n) is 12.7. The summed E-state index contributed by atoms with van der Waals surface area (Å²) >= 11 is 0. The molecule has 9 nitrogen and oxygen atoms in total. The predicted octanol–water partition coefficient (Wildman–Crippen LogP) is 4.09. The Balaban J connectivity index is 1.19. The van der Waals surface area contributed by atoms with Crippen LogP contribution < -0.4 is 14.4 Å². The lowest BCUT2D eigenvalue weighted by Crippen LogP contribution is -2.68. The average molecular weight is 508 g/mol. The van der Waals surface area contributed by atoms with Crippen molar-refractivity contribution < 1.29 is 9.47 Å². The van der Waals surface area contributed by atoms with E-state index in [1.54, 1.807) is 24.0 Å². The Labute approximate surface area is 221 Å². The smallest absolute Gasteiger partial charge is 0.212 e. The second kappa shape index (κ2) is 9.80. The summed E-state index contributed by atoms with van der Waals surface area (Å²) in [7, 11) is 1.63. The molecule has 0 aromatic carbocycles. The number of pyridine rings is 3. The van der Waals surface area contributed by atoms with E-state index in [1.807, 2.05) is 31.5 Å². The van der Waals surface area contributed by atoms with E-state index in [0.717, 1.165) is 47.7 Å². The van der Waals surface area contributed by atoms with Crippen LogP contribution in [0.4, 0.5) is 5.82 Å². The highest BCUT2D eigenvalue weighted by Gasteiger charge is 2.44. The molecule has 7 rings (SSSR count). The number of ether oxygens (including phenoxy) is 2. The van der Waals surface area contributed by atoms with Crippen molar-refractivity contribution in [1.82, 2.24) is 24.5 Å². The third kappa shape index (κ3) is 4.44. The Hall–Kier alpha value is -4.42. The van der Waals surface area contributed by atoms with Crippen LogP contribution in [0.2, 0.25) is 0 Å². The van der Waals surface area contributed by atoms with Crippen molar-refractivity contribution in [2.45, 2.75) is 32.0 Å². The van der Waals surface area contributed by atoms with Crippen LogP contribution in [-0.2, 0) is 6.54 Å². The highest BCUT2D eigenvalue weighted by atomic mass is 16.5. The molecule has 3 aliphatic rings. The van der Waals surface area contributed by atoms with E-state index in [2.05, 4.69) is 50.7 Å². The molecule has 0 N–H and O–H groups in total. The fraction of sp³-hybridized carbons (Fsp3) is 0.310. The highest BCUT2D eigenvalue weighted by Crippen LogP contribution is 2.36. The van der Waals surface area contributed by atoms with Crippen LogP contribution in [0.5, 0.6) is 11.6 Å². The summed E-state index contributed by atoms with van der Waals surface area (Å²) in [5.74, 6) is 2.27. The molecule has 38 heavy (non-hydrogen) atoms. The van der Waals surface area contributed by atoms with Crippen molar-refractivity contribution in [3.05, 3.63) is 78.4 Å². The molecule has 3 saturated heterocycles. The maximum Gasteiger partial charge on any atom is 0.212 e. The van der Waals surface area contributed by atoms with Gasteiger partial charge in [0.15, 0.2) is 0 Å².